The summed E-state index contributed by atoms with van der Waals surface area (Å²) in [6.07, 6.45) is 5.35. The molecule has 3 heteroatoms. The molecule has 19 heavy (non-hydrogen) atoms. The molecule has 1 aromatic rings. The number of rotatable bonds is 9. The zero-order valence-corrected chi connectivity index (χ0v) is 13.1. The van der Waals surface area contributed by atoms with Crippen molar-refractivity contribution in [1.29, 1.82) is 0 Å². The molecule has 0 N–H and O–H groups in total. The summed E-state index contributed by atoms with van der Waals surface area (Å²) in [4.78, 5) is 2.43. The molecule has 0 amide bonds. The summed E-state index contributed by atoms with van der Waals surface area (Å²) in [5.41, 5.74) is 1.29. The van der Waals surface area contributed by atoms with Gasteiger partial charge in [0.15, 0.2) is 0 Å². The molecular formula is C16H25NOS. The van der Waals surface area contributed by atoms with Crippen LogP contribution in [0.2, 0.25) is 0 Å². The second-order valence-corrected chi connectivity index (χ2v) is 5.99. The average molecular weight is 279 g/mol. The minimum atomic E-state index is 0.706. The largest absolute Gasteiger partial charge is 0.497 e. The molecular weight excluding hydrogens is 254 g/mol. The summed E-state index contributed by atoms with van der Waals surface area (Å²) < 4.78 is 5.27. The fourth-order valence-electron chi connectivity index (χ4n) is 1.93. The van der Waals surface area contributed by atoms with Crippen LogP contribution >= 0.6 is 11.8 Å². The molecule has 1 atom stereocenters. The topological polar surface area (TPSA) is 12.5 Å². The van der Waals surface area contributed by atoms with Gasteiger partial charge in [-0.15, -0.1) is 6.58 Å². The van der Waals surface area contributed by atoms with E-state index in [0.717, 1.165) is 25.4 Å². The van der Waals surface area contributed by atoms with Gasteiger partial charge in [0.1, 0.15) is 5.75 Å². The number of nitrogens with zero attached hydrogens (tertiary/aromatic N) is 1. The van der Waals surface area contributed by atoms with Gasteiger partial charge in [-0.25, -0.2) is 0 Å². The van der Waals surface area contributed by atoms with Crippen LogP contribution in [0.15, 0.2) is 36.9 Å². The van der Waals surface area contributed by atoms with Gasteiger partial charge in [-0.3, -0.25) is 4.90 Å². The minimum absolute atomic E-state index is 0.706. The van der Waals surface area contributed by atoms with E-state index in [1.165, 1.54) is 12.0 Å². The molecule has 0 heterocycles. The standard InChI is InChI=1S/C16H25NOS/c1-5-10-17(11-9-14(2)19-4)13-15-7-6-8-16(12-15)18-3/h5-8,12,14H,1,9-11,13H2,2-4H3/t14-/m1/s1. The summed E-state index contributed by atoms with van der Waals surface area (Å²) >= 11 is 1.92. The predicted molar refractivity (Wildman–Crippen MR) is 86.1 cm³/mol. The maximum Gasteiger partial charge on any atom is 0.119 e. The lowest BCUT2D eigenvalue weighted by Crippen LogP contribution is -2.26. The fourth-order valence-corrected chi connectivity index (χ4v) is 2.27. The lowest BCUT2D eigenvalue weighted by Gasteiger charge is -2.22. The third-order valence-corrected chi connectivity index (χ3v) is 4.22. The van der Waals surface area contributed by atoms with Crippen molar-refractivity contribution in [2.45, 2.75) is 25.1 Å². The van der Waals surface area contributed by atoms with Gasteiger partial charge in [-0.1, -0.05) is 25.1 Å². The fraction of sp³-hybridized carbons (Fsp3) is 0.500. The maximum atomic E-state index is 5.27. The predicted octanol–water partition coefficient (Wildman–Crippen LogP) is 3.82. The Labute approximate surface area is 121 Å². The molecule has 106 valence electrons. The van der Waals surface area contributed by atoms with Gasteiger partial charge in [0.2, 0.25) is 0 Å². The molecule has 0 aliphatic heterocycles. The van der Waals surface area contributed by atoms with Gasteiger partial charge in [0, 0.05) is 18.3 Å². The van der Waals surface area contributed by atoms with E-state index in [9.17, 15) is 0 Å². The number of thioether (sulfide) groups is 1. The summed E-state index contributed by atoms with van der Waals surface area (Å²) in [6, 6.07) is 8.28. The van der Waals surface area contributed by atoms with Crippen molar-refractivity contribution in [2.75, 3.05) is 26.5 Å². The Morgan fingerprint density at radius 3 is 2.89 bits per heavy atom. The summed E-state index contributed by atoms with van der Waals surface area (Å²) in [5.74, 6) is 0.925. The molecule has 0 saturated carbocycles. The zero-order valence-electron chi connectivity index (χ0n) is 12.3. The maximum absolute atomic E-state index is 5.27. The first kappa shape index (κ1) is 16.1. The highest BCUT2D eigenvalue weighted by Gasteiger charge is 2.07. The van der Waals surface area contributed by atoms with Crippen LogP contribution < -0.4 is 4.74 Å². The van der Waals surface area contributed by atoms with Crippen molar-refractivity contribution in [3.05, 3.63) is 42.5 Å². The highest BCUT2D eigenvalue weighted by atomic mass is 32.2. The molecule has 2 nitrogen and oxygen atoms in total. The van der Waals surface area contributed by atoms with Crippen LogP contribution in [0.3, 0.4) is 0 Å². The molecule has 0 aliphatic rings. The molecule has 0 fully saturated rings. The van der Waals surface area contributed by atoms with Gasteiger partial charge < -0.3 is 4.74 Å². The number of hydrogen-bond donors (Lipinski definition) is 0. The molecule has 0 saturated heterocycles. The Morgan fingerprint density at radius 1 is 1.47 bits per heavy atom. The van der Waals surface area contributed by atoms with Gasteiger partial charge in [0.25, 0.3) is 0 Å². The Bertz CT molecular complexity index is 381. The monoisotopic (exact) mass is 279 g/mol. The van der Waals surface area contributed by atoms with Crippen molar-refractivity contribution in [1.82, 2.24) is 4.90 Å². The molecule has 1 aromatic carbocycles. The molecule has 0 radical (unpaired) electrons. The molecule has 0 spiro atoms. The van der Waals surface area contributed by atoms with E-state index in [2.05, 4.69) is 36.8 Å². The summed E-state index contributed by atoms with van der Waals surface area (Å²) in [6.45, 7) is 9.11. The second kappa shape index (κ2) is 9.05. The molecule has 1 rings (SSSR count). The minimum Gasteiger partial charge on any atom is -0.497 e. The van der Waals surface area contributed by atoms with E-state index in [4.69, 9.17) is 4.74 Å². The highest BCUT2D eigenvalue weighted by molar-refractivity contribution is 7.99. The van der Waals surface area contributed by atoms with Crippen molar-refractivity contribution in [3.8, 4) is 5.75 Å². The number of methoxy groups -OCH3 is 1. The zero-order chi connectivity index (χ0) is 14.1. The van der Waals surface area contributed by atoms with Crippen LogP contribution in [0.4, 0.5) is 0 Å². The average Bonchev–Trinajstić information content (AvgIpc) is 2.44. The van der Waals surface area contributed by atoms with Crippen molar-refractivity contribution < 1.29 is 4.74 Å². The normalized spacial score (nSPS) is 12.4. The van der Waals surface area contributed by atoms with Crippen molar-refractivity contribution in [2.24, 2.45) is 0 Å². The van der Waals surface area contributed by atoms with Crippen LogP contribution in [0, 0.1) is 0 Å². The molecule has 0 aliphatic carbocycles. The smallest absolute Gasteiger partial charge is 0.119 e. The first-order chi connectivity index (χ1) is 9.19. The molecule has 0 bridgehead atoms. The molecule has 0 aromatic heterocycles. The Hall–Kier alpha value is -0.930. The SMILES string of the molecule is C=CCN(CC[C@@H](C)SC)Cc1cccc(OC)c1. The van der Waals surface area contributed by atoms with Gasteiger partial charge in [0.05, 0.1) is 7.11 Å². The van der Waals surface area contributed by atoms with Gasteiger partial charge >= 0.3 is 0 Å². The number of ether oxygens (including phenoxy) is 1. The van der Waals surface area contributed by atoms with Crippen molar-refractivity contribution >= 4 is 11.8 Å². The van der Waals surface area contributed by atoms with E-state index in [1.807, 2.05) is 30.0 Å². The van der Waals surface area contributed by atoms with E-state index >= 15 is 0 Å². The quantitative estimate of drug-likeness (QED) is 0.638. The van der Waals surface area contributed by atoms with Crippen LogP contribution in [0.25, 0.3) is 0 Å². The Balaban J connectivity index is 2.58. The first-order valence-corrected chi connectivity index (χ1v) is 7.97. The first-order valence-electron chi connectivity index (χ1n) is 6.68. The van der Waals surface area contributed by atoms with Crippen LogP contribution in [-0.4, -0.2) is 36.6 Å². The van der Waals surface area contributed by atoms with Crippen LogP contribution in [0.5, 0.6) is 5.75 Å². The Morgan fingerprint density at radius 2 is 2.26 bits per heavy atom. The van der Waals surface area contributed by atoms with Crippen LogP contribution in [-0.2, 0) is 6.54 Å². The van der Waals surface area contributed by atoms with E-state index in [1.54, 1.807) is 7.11 Å². The molecule has 0 unspecified atom stereocenters. The van der Waals surface area contributed by atoms with Crippen molar-refractivity contribution in [3.63, 3.8) is 0 Å². The lowest BCUT2D eigenvalue weighted by atomic mass is 10.2. The Kier molecular flexibility index (Phi) is 7.68. The third kappa shape index (κ3) is 6.17. The van der Waals surface area contributed by atoms with Gasteiger partial charge in [-0.2, -0.15) is 11.8 Å². The lowest BCUT2D eigenvalue weighted by molar-refractivity contribution is 0.290. The van der Waals surface area contributed by atoms with E-state index in [0.29, 0.717) is 5.25 Å². The highest BCUT2D eigenvalue weighted by Crippen LogP contribution is 2.16. The van der Waals surface area contributed by atoms with E-state index < -0.39 is 0 Å². The summed E-state index contributed by atoms with van der Waals surface area (Å²) in [5, 5.41) is 0.706. The van der Waals surface area contributed by atoms with Crippen LogP contribution in [0.1, 0.15) is 18.9 Å². The summed E-state index contributed by atoms with van der Waals surface area (Å²) in [7, 11) is 1.71. The number of hydrogen-bond acceptors (Lipinski definition) is 3. The van der Waals surface area contributed by atoms with E-state index in [-0.39, 0.29) is 0 Å². The second-order valence-electron chi connectivity index (χ2n) is 4.71. The third-order valence-electron chi connectivity index (χ3n) is 3.18. The number of benzene rings is 1. The van der Waals surface area contributed by atoms with Gasteiger partial charge in [-0.05, 0) is 36.9 Å².